The molecular formula is C22H27Cl2NO. The second-order valence-corrected chi connectivity index (χ2v) is 8.53. The SMILES string of the molecule is CN(C)C(c1ccccc1)C1(Cc2ccc(Cl)cc2Cl)CCCCC1O. The summed E-state index contributed by atoms with van der Waals surface area (Å²) in [4.78, 5) is 2.24. The maximum Gasteiger partial charge on any atom is 0.0618 e. The molecule has 0 aliphatic heterocycles. The Morgan fingerprint density at radius 2 is 1.85 bits per heavy atom. The largest absolute Gasteiger partial charge is 0.392 e. The third kappa shape index (κ3) is 3.94. The molecule has 0 amide bonds. The highest BCUT2D eigenvalue weighted by molar-refractivity contribution is 6.35. The smallest absolute Gasteiger partial charge is 0.0618 e. The van der Waals surface area contributed by atoms with Crippen molar-refractivity contribution >= 4 is 23.2 Å². The van der Waals surface area contributed by atoms with Crippen molar-refractivity contribution in [2.75, 3.05) is 14.1 Å². The number of hydrogen-bond donors (Lipinski definition) is 1. The van der Waals surface area contributed by atoms with Crippen LogP contribution < -0.4 is 0 Å². The van der Waals surface area contributed by atoms with Gasteiger partial charge < -0.3 is 10.0 Å². The molecule has 0 radical (unpaired) electrons. The predicted octanol–water partition coefficient (Wildman–Crippen LogP) is 5.76. The summed E-state index contributed by atoms with van der Waals surface area (Å²) in [6.45, 7) is 0. The van der Waals surface area contributed by atoms with E-state index in [0.717, 1.165) is 37.7 Å². The number of hydrogen-bond acceptors (Lipinski definition) is 2. The van der Waals surface area contributed by atoms with E-state index in [1.165, 1.54) is 5.56 Å². The molecule has 3 atom stereocenters. The van der Waals surface area contributed by atoms with Gasteiger partial charge in [0.25, 0.3) is 0 Å². The highest BCUT2D eigenvalue weighted by atomic mass is 35.5. The van der Waals surface area contributed by atoms with Gasteiger partial charge in [0.1, 0.15) is 0 Å². The van der Waals surface area contributed by atoms with E-state index in [-0.39, 0.29) is 17.6 Å². The molecule has 2 aromatic rings. The minimum Gasteiger partial charge on any atom is -0.392 e. The fourth-order valence-corrected chi connectivity index (χ4v) is 5.14. The Bertz CT molecular complexity index is 734. The van der Waals surface area contributed by atoms with Gasteiger partial charge in [-0.25, -0.2) is 0 Å². The minimum absolute atomic E-state index is 0.116. The molecule has 1 saturated carbocycles. The molecule has 0 saturated heterocycles. The highest BCUT2D eigenvalue weighted by Crippen LogP contribution is 2.51. The quantitative estimate of drug-likeness (QED) is 0.699. The van der Waals surface area contributed by atoms with Crippen molar-refractivity contribution in [1.29, 1.82) is 0 Å². The molecule has 0 bridgehead atoms. The minimum atomic E-state index is -0.365. The van der Waals surface area contributed by atoms with E-state index in [1.807, 2.05) is 18.2 Å². The van der Waals surface area contributed by atoms with E-state index in [2.05, 4.69) is 43.3 Å². The molecule has 2 aromatic carbocycles. The lowest BCUT2D eigenvalue weighted by molar-refractivity contribution is -0.0646. The van der Waals surface area contributed by atoms with Crippen LogP contribution in [0.1, 0.15) is 42.9 Å². The van der Waals surface area contributed by atoms with Crippen molar-refractivity contribution in [2.24, 2.45) is 5.41 Å². The van der Waals surface area contributed by atoms with Crippen LogP contribution in [0.5, 0.6) is 0 Å². The van der Waals surface area contributed by atoms with Crippen LogP contribution in [0, 0.1) is 5.41 Å². The van der Waals surface area contributed by atoms with Crippen LogP contribution in [0.4, 0.5) is 0 Å². The first-order valence-electron chi connectivity index (χ1n) is 9.27. The third-order valence-electron chi connectivity index (χ3n) is 5.74. The summed E-state index contributed by atoms with van der Waals surface area (Å²) in [5.74, 6) is 0. The normalized spacial score (nSPS) is 24.6. The fourth-order valence-electron chi connectivity index (χ4n) is 4.67. The summed E-state index contributed by atoms with van der Waals surface area (Å²) in [6, 6.07) is 16.3. The summed E-state index contributed by atoms with van der Waals surface area (Å²) in [5, 5.41) is 12.5. The van der Waals surface area contributed by atoms with E-state index in [4.69, 9.17) is 23.2 Å². The Labute approximate surface area is 166 Å². The zero-order valence-electron chi connectivity index (χ0n) is 15.5. The standard InChI is InChI=1S/C22H27Cl2NO/c1-25(2)21(16-8-4-3-5-9-16)22(13-7-6-10-20(22)26)15-17-11-12-18(23)14-19(17)24/h3-5,8-9,11-12,14,20-21,26H,6-7,10,13,15H2,1-2H3. The van der Waals surface area contributed by atoms with Crippen molar-refractivity contribution in [2.45, 2.75) is 44.2 Å². The molecule has 2 nitrogen and oxygen atoms in total. The second-order valence-electron chi connectivity index (χ2n) is 7.68. The van der Waals surface area contributed by atoms with Crippen molar-refractivity contribution in [3.8, 4) is 0 Å². The highest BCUT2D eigenvalue weighted by Gasteiger charge is 2.48. The van der Waals surface area contributed by atoms with Crippen LogP contribution in [0.15, 0.2) is 48.5 Å². The second kappa shape index (κ2) is 8.31. The van der Waals surface area contributed by atoms with E-state index in [9.17, 15) is 5.11 Å². The van der Waals surface area contributed by atoms with Crippen molar-refractivity contribution in [3.05, 3.63) is 69.7 Å². The molecule has 3 rings (SSSR count). The number of nitrogens with zero attached hydrogens (tertiary/aromatic N) is 1. The lowest BCUT2D eigenvalue weighted by Gasteiger charge is -2.50. The first-order valence-corrected chi connectivity index (χ1v) is 10.0. The Hall–Kier alpha value is -1.06. The maximum absolute atomic E-state index is 11.2. The van der Waals surface area contributed by atoms with Gasteiger partial charge in [-0.15, -0.1) is 0 Å². The molecule has 140 valence electrons. The van der Waals surface area contributed by atoms with Crippen molar-refractivity contribution < 1.29 is 5.11 Å². The first kappa shape index (κ1) is 19.7. The van der Waals surface area contributed by atoms with Gasteiger partial charge in [0, 0.05) is 21.5 Å². The van der Waals surface area contributed by atoms with Crippen LogP contribution >= 0.6 is 23.2 Å². The lowest BCUT2D eigenvalue weighted by Crippen LogP contribution is -2.49. The number of halogens is 2. The number of benzene rings is 2. The topological polar surface area (TPSA) is 23.5 Å². The molecule has 0 aromatic heterocycles. The molecule has 1 aliphatic rings. The van der Waals surface area contributed by atoms with Crippen LogP contribution in [-0.2, 0) is 6.42 Å². The number of aliphatic hydroxyl groups is 1. The molecule has 26 heavy (non-hydrogen) atoms. The zero-order valence-corrected chi connectivity index (χ0v) is 17.0. The van der Waals surface area contributed by atoms with Crippen LogP contribution in [0.25, 0.3) is 0 Å². The van der Waals surface area contributed by atoms with Gasteiger partial charge in [-0.2, -0.15) is 0 Å². The maximum atomic E-state index is 11.2. The van der Waals surface area contributed by atoms with Crippen molar-refractivity contribution in [3.63, 3.8) is 0 Å². The van der Waals surface area contributed by atoms with Crippen LogP contribution in [0.3, 0.4) is 0 Å². The molecule has 0 spiro atoms. The molecule has 0 heterocycles. The number of aliphatic hydroxyl groups excluding tert-OH is 1. The van der Waals surface area contributed by atoms with E-state index >= 15 is 0 Å². The summed E-state index contributed by atoms with van der Waals surface area (Å²) in [6.07, 6.45) is 4.39. The molecule has 1 aliphatic carbocycles. The Balaban J connectivity index is 2.08. The van der Waals surface area contributed by atoms with Gasteiger partial charge in [0.2, 0.25) is 0 Å². The van der Waals surface area contributed by atoms with E-state index < -0.39 is 0 Å². The Kier molecular flexibility index (Phi) is 6.29. The molecular weight excluding hydrogens is 365 g/mol. The summed E-state index contributed by atoms with van der Waals surface area (Å²) < 4.78 is 0. The fraction of sp³-hybridized carbons (Fsp3) is 0.455. The van der Waals surface area contributed by atoms with Gasteiger partial charge in [-0.05, 0) is 56.6 Å². The lowest BCUT2D eigenvalue weighted by atomic mass is 9.62. The van der Waals surface area contributed by atoms with E-state index in [1.54, 1.807) is 6.07 Å². The third-order valence-corrected chi connectivity index (χ3v) is 6.33. The summed E-state index contributed by atoms with van der Waals surface area (Å²) in [5.41, 5.74) is 2.02. The Morgan fingerprint density at radius 1 is 1.12 bits per heavy atom. The summed E-state index contributed by atoms with van der Waals surface area (Å²) in [7, 11) is 4.20. The van der Waals surface area contributed by atoms with Gasteiger partial charge in [-0.1, -0.05) is 72.4 Å². The molecule has 4 heteroatoms. The first-order chi connectivity index (χ1) is 12.4. The average molecular weight is 392 g/mol. The van der Waals surface area contributed by atoms with E-state index in [0.29, 0.717) is 10.0 Å². The molecule has 1 fully saturated rings. The Morgan fingerprint density at radius 3 is 2.46 bits per heavy atom. The van der Waals surface area contributed by atoms with Crippen LogP contribution in [-0.4, -0.2) is 30.2 Å². The van der Waals surface area contributed by atoms with Gasteiger partial charge in [0.05, 0.1) is 6.10 Å². The predicted molar refractivity (Wildman–Crippen MR) is 110 cm³/mol. The number of rotatable bonds is 5. The average Bonchev–Trinajstić information content (AvgIpc) is 2.61. The van der Waals surface area contributed by atoms with Gasteiger partial charge >= 0.3 is 0 Å². The van der Waals surface area contributed by atoms with Crippen molar-refractivity contribution in [1.82, 2.24) is 4.90 Å². The van der Waals surface area contributed by atoms with Gasteiger partial charge in [0.15, 0.2) is 0 Å². The monoisotopic (exact) mass is 391 g/mol. The summed E-state index contributed by atoms with van der Waals surface area (Å²) >= 11 is 12.6. The van der Waals surface area contributed by atoms with Gasteiger partial charge in [-0.3, -0.25) is 0 Å². The molecule has 3 unspecified atom stereocenters. The zero-order chi connectivity index (χ0) is 18.7. The van der Waals surface area contributed by atoms with Crippen LogP contribution in [0.2, 0.25) is 10.0 Å². The molecule has 1 N–H and O–H groups in total.